The van der Waals surface area contributed by atoms with Crippen LogP contribution in [-0.2, 0) is 11.0 Å². The molecule has 6 nitrogen and oxygen atoms in total. The molecule has 0 fully saturated rings. The average Bonchev–Trinajstić information content (AvgIpc) is 2.65. The summed E-state index contributed by atoms with van der Waals surface area (Å²) in [6.45, 7) is 1.44. The molecule has 0 saturated carbocycles. The molecule has 0 spiro atoms. The molecular weight excluding hydrogens is 363 g/mol. The third kappa shape index (κ3) is 5.47. The van der Waals surface area contributed by atoms with Crippen molar-refractivity contribution in [1.82, 2.24) is 10.9 Å². The number of amides is 2. The molecule has 2 rings (SSSR count). The van der Waals surface area contributed by atoms with Crippen LogP contribution in [0.1, 0.15) is 28.4 Å². The third-order valence-electron chi connectivity index (χ3n) is 3.44. The van der Waals surface area contributed by atoms with Crippen molar-refractivity contribution >= 4 is 11.8 Å². The summed E-state index contributed by atoms with van der Waals surface area (Å²) >= 11 is 0. The molecule has 0 saturated heterocycles. The number of nitrogens with zero attached hydrogens (tertiary/aromatic N) is 1. The van der Waals surface area contributed by atoms with Crippen molar-refractivity contribution in [1.29, 1.82) is 5.26 Å². The molecule has 0 radical (unpaired) electrons. The van der Waals surface area contributed by atoms with E-state index in [1.54, 1.807) is 0 Å². The molecule has 2 N–H and O–H groups in total. The quantitative estimate of drug-likeness (QED) is 0.802. The van der Waals surface area contributed by atoms with Crippen molar-refractivity contribution in [3.05, 3.63) is 65.2 Å². The Kier molecular flexibility index (Phi) is 6.03. The molecular formula is C18H14F3N3O3. The number of carbonyl (C=O) groups excluding carboxylic acids is 2. The first-order valence-electron chi connectivity index (χ1n) is 7.65. The Morgan fingerprint density at radius 1 is 1.04 bits per heavy atom. The Hall–Kier alpha value is -3.54. The lowest BCUT2D eigenvalue weighted by Crippen LogP contribution is -2.47. The van der Waals surface area contributed by atoms with Crippen LogP contribution in [0.15, 0.2) is 48.5 Å². The minimum atomic E-state index is -4.50. The number of alkyl halides is 3. The number of nitriles is 1. The van der Waals surface area contributed by atoms with Crippen LogP contribution in [0, 0.1) is 11.3 Å². The highest BCUT2D eigenvalue weighted by Gasteiger charge is 2.30. The highest BCUT2D eigenvalue weighted by atomic mass is 19.4. The predicted octanol–water partition coefficient (Wildman–Crippen LogP) is 2.81. The SMILES string of the molecule is CC(Oc1ccc(C#N)cc1)C(=O)NNC(=O)c1ccc(C(F)(F)F)cc1. The molecule has 140 valence electrons. The van der Waals surface area contributed by atoms with E-state index in [4.69, 9.17) is 10.00 Å². The number of rotatable bonds is 4. The maximum atomic E-state index is 12.5. The van der Waals surface area contributed by atoms with Crippen LogP contribution in [0.2, 0.25) is 0 Å². The highest BCUT2D eigenvalue weighted by Crippen LogP contribution is 2.29. The Morgan fingerprint density at radius 2 is 1.63 bits per heavy atom. The highest BCUT2D eigenvalue weighted by molar-refractivity contribution is 5.95. The van der Waals surface area contributed by atoms with E-state index < -0.39 is 29.7 Å². The van der Waals surface area contributed by atoms with Gasteiger partial charge in [0.1, 0.15) is 5.75 Å². The molecule has 0 aliphatic carbocycles. The Labute approximate surface area is 152 Å². The normalized spacial score (nSPS) is 11.8. The van der Waals surface area contributed by atoms with Crippen molar-refractivity contribution in [3.8, 4) is 11.8 Å². The zero-order valence-corrected chi connectivity index (χ0v) is 14.0. The van der Waals surface area contributed by atoms with Gasteiger partial charge in [-0.1, -0.05) is 0 Å². The fourth-order valence-corrected chi connectivity index (χ4v) is 1.97. The lowest BCUT2D eigenvalue weighted by atomic mass is 10.1. The van der Waals surface area contributed by atoms with Crippen molar-refractivity contribution in [2.45, 2.75) is 19.2 Å². The van der Waals surface area contributed by atoms with Gasteiger partial charge >= 0.3 is 6.18 Å². The number of hydrogen-bond acceptors (Lipinski definition) is 4. The number of hydrazine groups is 1. The molecule has 0 aromatic heterocycles. The standard InChI is InChI=1S/C18H14F3N3O3/c1-11(27-15-8-2-12(10-22)3-9-15)16(25)23-24-17(26)13-4-6-14(7-5-13)18(19,20)21/h2-9,11H,1H3,(H,23,25)(H,24,26). The van der Waals surface area contributed by atoms with Crippen LogP contribution in [0.3, 0.4) is 0 Å². The van der Waals surface area contributed by atoms with Crippen molar-refractivity contribution in [2.24, 2.45) is 0 Å². The van der Waals surface area contributed by atoms with Crippen LogP contribution in [-0.4, -0.2) is 17.9 Å². The van der Waals surface area contributed by atoms with E-state index in [0.717, 1.165) is 24.3 Å². The van der Waals surface area contributed by atoms with Crippen LogP contribution >= 0.6 is 0 Å². The van der Waals surface area contributed by atoms with Gasteiger partial charge in [-0.15, -0.1) is 0 Å². The fraction of sp³-hybridized carbons (Fsp3) is 0.167. The molecule has 0 aliphatic rings. The van der Waals surface area contributed by atoms with E-state index in [-0.39, 0.29) is 5.56 Å². The monoisotopic (exact) mass is 377 g/mol. The second-order valence-corrected chi connectivity index (χ2v) is 5.41. The summed E-state index contributed by atoms with van der Waals surface area (Å²) in [5.74, 6) is -1.09. The molecule has 1 atom stereocenters. The molecule has 9 heteroatoms. The Bertz CT molecular complexity index is 857. The van der Waals surface area contributed by atoms with E-state index in [2.05, 4.69) is 10.9 Å². The lowest BCUT2D eigenvalue weighted by molar-refractivity contribution is -0.137. The molecule has 2 aromatic carbocycles. The van der Waals surface area contributed by atoms with Crippen LogP contribution in [0.25, 0.3) is 0 Å². The van der Waals surface area contributed by atoms with Gasteiger partial charge in [0.05, 0.1) is 17.2 Å². The number of hydrogen-bond donors (Lipinski definition) is 2. The maximum absolute atomic E-state index is 12.5. The van der Waals surface area contributed by atoms with Crippen LogP contribution < -0.4 is 15.6 Å². The summed E-state index contributed by atoms with van der Waals surface area (Å²) in [7, 11) is 0. The van der Waals surface area contributed by atoms with Crippen LogP contribution in [0.5, 0.6) is 5.75 Å². The molecule has 0 aliphatic heterocycles. The number of benzene rings is 2. The summed E-state index contributed by atoms with van der Waals surface area (Å²) in [6.07, 6.45) is -5.47. The zero-order valence-electron chi connectivity index (χ0n) is 14.0. The largest absolute Gasteiger partial charge is 0.481 e. The number of nitrogens with one attached hydrogen (secondary N) is 2. The van der Waals surface area contributed by atoms with Gasteiger partial charge in [0.15, 0.2) is 6.10 Å². The summed E-state index contributed by atoms with van der Waals surface area (Å²) in [4.78, 5) is 23.8. The smallest absolute Gasteiger partial charge is 0.416 e. The van der Waals surface area contributed by atoms with Gasteiger partial charge in [-0.2, -0.15) is 18.4 Å². The van der Waals surface area contributed by atoms with Gasteiger partial charge in [-0.05, 0) is 55.5 Å². The Morgan fingerprint density at radius 3 is 2.15 bits per heavy atom. The zero-order chi connectivity index (χ0) is 20.0. The third-order valence-corrected chi connectivity index (χ3v) is 3.44. The van der Waals surface area contributed by atoms with Gasteiger partial charge < -0.3 is 4.74 Å². The van der Waals surface area contributed by atoms with E-state index >= 15 is 0 Å². The first-order valence-corrected chi connectivity index (χ1v) is 7.65. The van der Waals surface area contributed by atoms with E-state index in [1.165, 1.54) is 31.2 Å². The minimum Gasteiger partial charge on any atom is -0.481 e. The van der Waals surface area contributed by atoms with Gasteiger partial charge in [0.25, 0.3) is 11.8 Å². The number of halogens is 3. The van der Waals surface area contributed by atoms with Crippen molar-refractivity contribution in [3.63, 3.8) is 0 Å². The number of ether oxygens (including phenoxy) is 1. The van der Waals surface area contributed by atoms with Gasteiger partial charge in [0, 0.05) is 5.56 Å². The summed E-state index contributed by atoms with van der Waals surface area (Å²) in [6, 6.07) is 11.6. The second kappa shape index (κ2) is 8.23. The fourth-order valence-electron chi connectivity index (χ4n) is 1.97. The first-order chi connectivity index (χ1) is 12.7. The van der Waals surface area contributed by atoms with Crippen molar-refractivity contribution in [2.75, 3.05) is 0 Å². The van der Waals surface area contributed by atoms with E-state index in [9.17, 15) is 22.8 Å². The lowest BCUT2D eigenvalue weighted by Gasteiger charge is -2.15. The van der Waals surface area contributed by atoms with Crippen molar-refractivity contribution < 1.29 is 27.5 Å². The molecule has 2 aromatic rings. The molecule has 2 amide bonds. The van der Waals surface area contributed by atoms with E-state index in [0.29, 0.717) is 11.3 Å². The predicted molar refractivity (Wildman–Crippen MR) is 88.3 cm³/mol. The second-order valence-electron chi connectivity index (χ2n) is 5.41. The summed E-state index contributed by atoms with van der Waals surface area (Å²) in [5, 5.41) is 8.72. The average molecular weight is 377 g/mol. The molecule has 0 heterocycles. The minimum absolute atomic E-state index is 0.0519. The molecule has 27 heavy (non-hydrogen) atoms. The van der Waals surface area contributed by atoms with Crippen LogP contribution in [0.4, 0.5) is 13.2 Å². The van der Waals surface area contributed by atoms with E-state index in [1.807, 2.05) is 6.07 Å². The molecule has 1 unspecified atom stereocenters. The Balaban J connectivity index is 1.88. The summed E-state index contributed by atoms with van der Waals surface area (Å²) in [5.41, 5.74) is 3.73. The number of carbonyl (C=O) groups is 2. The maximum Gasteiger partial charge on any atom is 0.416 e. The van der Waals surface area contributed by atoms with Gasteiger partial charge in [-0.25, -0.2) is 0 Å². The summed E-state index contributed by atoms with van der Waals surface area (Å²) < 4.78 is 42.9. The molecule has 0 bridgehead atoms. The van der Waals surface area contributed by atoms with Gasteiger partial charge in [-0.3, -0.25) is 20.4 Å². The van der Waals surface area contributed by atoms with Gasteiger partial charge in [0.2, 0.25) is 0 Å². The first kappa shape index (κ1) is 19.8. The topological polar surface area (TPSA) is 91.2 Å².